The van der Waals surface area contributed by atoms with Crippen LogP contribution in [0.5, 0.6) is 11.5 Å². The summed E-state index contributed by atoms with van der Waals surface area (Å²) in [4.78, 5) is 30.7. The summed E-state index contributed by atoms with van der Waals surface area (Å²) in [6.45, 7) is 7.35. The van der Waals surface area contributed by atoms with Crippen molar-refractivity contribution in [1.29, 1.82) is 0 Å². The second-order valence-electron chi connectivity index (χ2n) is 8.14. The summed E-state index contributed by atoms with van der Waals surface area (Å²) in [7, 11) is 1.61. The van der Waals surface area contributed by atoms with E-state index in [1.54, 1.807) is 23.3 Å². The Labute approximate surface area is 194 Å². The number of nitrogens with zero attached hydrogens (tertiary/aromatic N) is 2. The summed E-state index contributed by atoms with van der Waals surface area (Å²) in [6, 6.07) is 9.18. The van der Waals surface area contributed by atoms with E-state index in [1.165, 1.54) is 4.88 Å². The number of carbonyl (C=O) groups excluding carboxylic acids is 2. The molecule has 1 aromatic carbocycles. The summed E-state index contributed by atoms with van der Waals surface area (Å²) in [5.74, 6) is 1.24. The van der Waals surface area contributed by atoms with Gasteiger partial charge in [0.15, 0.2) is 11.5 Å². The van der Waals surface area contributed by atoms with E-state index in [2.05, 4.69) is 16.8 Å². The number of benzene rings is 1. The molecule has 0 saturated carbocycles. The van der Waals surface area contributed by atoms with Gasteiger partial charge >= 0.3 is 6.03 Å². The van der Waals surface area contributed by atoms with Gasteiger partial charge in [0.25, 0.3) is 0 Å². The fraction of sp³-hybridized carbons (Fsp3) is 0.500. The summed E-state index contributed by atoms with van der Waals surface area (Å²) in [5, 5.41) is 4.96. The Bertz CT molecular complexity index is 914. The van der Waals surface area contributed by atoms with Gasteiger partial charge in [-0.3, -0.25) is 4.79 Å². The first-order valence-corrected chi connectivity index (χ1v) is 12.0. The van der Waals surface area contributed by atoms with E-state index >= 15 is 0 Å². The van der Waals surface area contributed by atoms with Crippen molar-refractivity contribution in [2.24, 2.45) is 0 Å². The minimum atomic E-state index is -0.209. The van der Waals surface area contributed by atoms with Crippen molar-refractivity contribution in [3.63, 3.8) is 0 Å². The van der Waals surface area contributed by atoms with Gasteiger partial charge in [0, 0.05) is 24.0 Å². The molecule has 3 rings (SSSR count). The highest BCUT2D eigenvalue weighted by Crippen LogP contribution is 2.35. The number of carbonyl (C=O) groups is 2. The van der Waals surface area contributed by atoms with Crippen molar-refractivity contribution in [1.82, 2.24) is 15.1 Å². The lowest BCUT2D eigenvalue weighted by Gasteiger charge is -2.37. The molecule has 2 heterocycles. The van der Waals surface area contributed by atoms with Gasteiger partial charge in [0.05, 0.1) is 13.2 Å². The molecule has 0 unspecified atom stereocenters. The molecule has 7 nitrogen and oxygen atoms in total. The van der Waals surface area contributed by atoms with E-state index < -0.39 is 0 Å². The largest absolute Gasteiger partial charge is 0.493 e. The third-order valence-electron chi connectivity index (χ3n) is 5.40. The van der Waals surface area contributed by atoms with Gasteiger partial charge in [0.2, 0.25) is 5.91 Å². The molecule has 1 atom stereocenters. The number of amides is 3. The van der Waals surface area contributed by atoms with Gasteiger partial charge in [-0.15, -0.1) is 11.3 Å². The van der Waals surface area contributed by atoms with Gasteiger partial charge in [-0.05, 0) is 55.8 Å². The normalized spacial score (nSPS) is 15.3. The molecule has 1 aliphatic heterocycles. The summed E-state index contributed by atoms with van der Waals surface area (Å²) in [5.41, 5.74) is 1.12. The number of nitrogens with one attached hydrogen (secondary N) is 1. The number of fused-ring (bicyclic) bond motifs is 1. The maximum atomic E-state index is 13.4. The number of rotatable bonds is 9. The first-order chi connectivity index (χ1) is 15.4. The highest BCUT2D eigenvalue weighted by molar-refractivity contribution is 7.10. The third-order valence-corrected chi connectivity index (χ3v) is 6.40. The Balaban J connectivity index is 1.77. The lowest BCUT2D eigenvalue weighted by atomic mass is 10.0. The maximum absolute atomic E-state index is 13.4. The first-order valence-electron chi connectivity index (χ1n) is 11.1. The van der Waals surface area contributed by atoms with E-state index in [0.29, 0.717) is 31.2 Å². The van der Waals surface area contributed by atoms with E-state index in [0.717, 1.165) is 18.4 Å². The number of para-hydroxylation sites is 2. The number of ether oxygens (including phenoxy) is 2. The zero-order chi connectivity index (χ0) is 23.1. The number of urea groups is 1. The van der Waals surface area contributed by atoms with E-state index in [4.69, 9.17) is 9.47 Å². The number of thiophene rings is 1. The lowest BCUT2D eigenvalue weighted by Crippen LogP contribution is -2.50. The summed E-state index contributed by atoms with van der Waals surface area (Å²) >= 11 is 1.71. The highest BCUT2D eigenvalue weighted by Gasteiger charge is 2.33. The molecule has 1 aromatic heterocycles. The van der Waals surface area contributed by atoms with Crippen LogP contribution in [0.25, 0.3) is 0 Å². The molecule has 0 bridgehead atoms. The van der Waals surface area contributed by atoms with Crippen LogP contribution in [0.3, 0.4) is 0 Å². The molecule has 0 spiro atoms. The van der Waals surface area contributed by atoms with Crippen LogP contribution in [-0.2, 0) is 11.2 Å². The van der Waals surface area contributed by atoms with Crippen LogP contribution in [0.4, 0.5) is 4.79 Å². The molecule has 0 radical (unpaired) electrons. The van der Waals surface area contributed by atoms with Gasteiger partial charge < -0.3 is 24.6 Å². The Hall–Kier alpha value is -2.74. The predicted octanol–water partition coefficient (Wildman–Crippen LogP) is 4.09. The molecule has 32 heavy (non-hydrogen) atoms. The van der Waals surface area contributed by atoms with Crippen LogP contribution < -0.4 is 14.8 Å². The second-order valence-corrected chi connectivity index (χ2v) is 9.14. The quantitative estimate of drug-likeness (QED) is 0.613. The summed E-state index contributed by atoms with van der Waals surface area (Å²) in [6.07, 6.45) is 1.60. The number of methoxy groups -OCH3 is 1. The van der Waals surface area contributed by atoms with Crippen LogP contribution in [0, 0.1) is 0 Å². The summed E-state index contributed by atoms with van der Waals surface area (Å²) < 4.78 is 11.5. The van der Waals surface area contributed by atoms with Crippen LogP contribution in [0.1, 0.15) is 43.7 Å². The topological polar surface area (TPSA) is 71.1 Å². The van der Waals surface area contributed by atoms with Crippen molar-refractivity contribution in [2.75, 3.05) is 33.4 Å². The molecule has 0 fully saturated rings. The average molecular weight is 460 g/mol. The predicted molar refractivity (Wildman–Crippen MR) is 126 cm³/mol. The Morgan fingerprint density at radius 2 is 2.00 bits per heavy atom. The van der Waals surface area contributed by atoms with Gasteiger partial charge in [-0.1, -0.05) is 19.1 Å². The minimum absolute atomic E-state index is 0.0160. The van der Waals surface area contributed by atoms with Crippen molar-refractivity contribution < 1.29 is 19.1 Å². The fourth-order valence-electron chi connectivity index (χ4n) is 3.90. The first kappa shape index (κ1) is 23.9. The third kappa shape index (κ3) is 5.73. The van der Waals surface area contributed by atoms with Crippen LogP contribution in [-0.4, -0.2) is 61.1 Å². The molecule has 0 aliphatic carbocycles. The molecule has 2 aromatic rings. The van der Waals surface area contributed by atoms with Crippen molar-refractivity contribution in [3.05, 3.63) is 46.2 Å². The SMILES string of the molecule is CCCN(CC(=O)N1CCc2sccc2[C@H]1COc1ccccc1OC)C(=O)NC(C)C. The number of hydrogen-bond acceptors (Lipinski definition) is 5. The minimum Gasteiger partial charge on any atom is -0.493 e. The van der Waals surface area contributed by atoms with E-state index in [1.807, 2.05) is 49.9 Å². The molecule has 1 aliphatic rings. The zero-order valence-corrected chi connectivity index (χ0v) is 20.1. The van der Waals surface area contributed by atoms with Crippen molar-refractivity contribution in [3.8, 4) is 11.5 Å². The van der Waals surface area contributed by atoms with Gasteiger partial charge in [0.1, 0.15) is 13.2 Å². The van der Waals surface area contributed by atoms with E-state index in [9.17, 15) is 9.59 Å². The Kier molecular flexibility index (Phi) is 8.39. The fourth-order valence-corrected chi connectivity index (χ4v) is 4.82. The van der Waals surface area contributed by atoms with Gasteiger partial charge in [-0.25, -0.2) is 4.79 Å². The van der Waals surface area contributed by atoms with Crippen LogP contribution in [0.15, 0.2) is 35.7 Å². The second kappa shape index (κ2) is 11.2. The van der Waals surface area contributed by atoms with Crippen molar-refractivity contribution in [2.45, 2.75) is 45.7 Å². The molecule has 3 amide bonds. The molecule has 0 saturated heterocycles. The molecular weight excluding hydrogens is 426 g/mol. The standard InChI is InChI=1S/C24H33N3O4S/c1-5-12-26(24(29)25-17(2)3)15-23(28)27-13-10-22-18(11-14-32-22)19(27)16-31-21-9-7-6-8-20(21)30-4/h6-9,11,14,17,19H,5,10,12-13,15-16H2,1-4H3,(H,25,29)/t19-/m1/s1. The van der Waals surface area contributed by atoms with Crippen LogP contribution >= 0.6 is 11.3 Å². The number of hydrogen-bond donors (Lipinski definition) is 1. The molecular formula is C24H33N3O4S. The molecule has 174 valence electrons. The lowest BCUT2D eigenvalue weighted by molar-refractivity contribution is -0.135. The van der Waals surface area contributed by atoms with Crippen LogP contribution in [0.2, 0.25) is 0 Å². The Morgan fingerprint density at radius 1 is 1.25 bits per heavy atom. The van der Waals surface area contributed by atoms with E-state index in [-0.39, 0.29) is 30.6 Å². The smallest absolute Gasteiger partial charge is 0.318 e. The highest BCUT2D eigenvalue weighted by atomic mass is 32.1. The zero-order valence-electron chi connectivity index (χ0n) is 19.3. The van der Waals surface area contributed by atoms with Gasteiger partial charge in [-0.2, -0.15) is 0 Å². The molecule has 8 heteroatoms. The van der Waals surface area contributed by atoms with Crippen molar-refractivity contribution >= 4 is 23.3 Å². The average Bonchev–Trinajstić information content (AvgIpc) is 3.26. The molecule has 1 N–H and O–H groups in total. The maximum Gasteiger partial charge on any atom is 0.318 e. The Morgan fingerprint density at radius 3 is 2.69 bits per heavy atom. The monoisotopic (exact) mass is 459 g/mol.